The summed E-state index contributed by atoms with van der Waals surface area (Å²) in [5.74, 6) is 0.268. The highest BCUT2D eigenvalue weighted by Gasteiger charge is 2.01. The van der Waals surface area contributed by atoms with Gasteiger partial charge in [0.05, 0.1) is 0 Å². The lowest BCUT2D eigenvalue weighted by molar-refractivity contribution is 0.628. The van der Waals surface area contributed by atoms with Crippen molar-refractivity contribution in [1.29, 1.82) is 0 Å². The Labute approximate surface area is 104 Å². The second-order valence-corrected chi connectivity index (χ2v) is 4.18. The first-order chi connectivity index (χ1) is 8.72. The molecule has 0 spiro atoms. The van der Waals surface area contributed by atoms with E-state index < -0.39 is 0 Å². The second kappa shape index (κ2) is 4.11. The molecular weight excluding hydrogens is 227 g/mol. The van der Waals surface area contributed by atoms with E-state index in [0.717, 1.165) is 21.9 Å². The molecule has 3 rings (SSSR count). The van der Waals surface area contributed by atoms with Crippen LogP contribution >= 0.6 is 0 Å². The number of aromatic nitrogens is 1. The highest BCUT2D eigenvalue weighted by molar-refractivity contribution is 5.88. The molecule has 3 heteroatoms. The molecule has 0 radical (unpaired) electrons. The van der Waals surface area contributed by atoms with Crippen molar-refractivity contribution in [2.24, 2.45) is 0 Å². The Hall–Kier alpha value is -2.42. The number of nitrogen functional groups attached to an aromatic ring is 1. The van der Waals surface area contributed by atoms with Crippen LogP contribution in [0.15, 0.2) is 54.7 Å². The van der Waals surface area contributed by atoms with Gasteiger partial charge in [-0.05, 0) is 40.8 Å². The minimum Gasteiger partial charge on any atom is -0.384 e. The highest BCUT2D eigenvalue weighted by Crippen LogP contribution is 2.25. The number of rotatable bonds is 1. The van der Waals surface area contributed by atoms with E-state index in [-0.39, 0.29) is 5.82 Å². The van der Waals surface area contributed by atoms with Crippen LogP contribution in [0.3, 0.4) is 0 Å². The monoisotopic (exact) mass is 238 g/mol. The van der Waals surface area contributed by atoms with E-state index in [1.165, 1.54) is 12.1 Å². The Balaban J connectivity index is 2.16. The van der Waals surface area contributed by atoms with Crippen molar-refractivity contribution in [3.05, 3.63) is 60.5 Å². The van der Waals surface area contributed by atoms with Gasteiger partial charge in [0.2, 0.25) is 0 Å². The summed E-state index contributed by atoms with van der Waals surface area (Å²) in [5, 5.41) is 2.02. The van der Waals surface area contributed by atoms with Crippen molar-refractivity contribution in [2.75, 3.05) is 5.73 Å². The minimum absolute atomic E-state index is 0.233. The van der Waals surface area contributed by atoms with Crippen molar-refractivity contribution in [2.45, 2.75) is 0 Å². The molecule has 2 nitrogen and oxygen atoms in total. The number of halogens is 1. The SMILES string of the molecule is Nc1cc2ccc(-c3cccc(F)c3)cc2cn1. The van der Waals surface area contributed by atoms with Crippen LogP contribution in [0.1, 0.15) is 0 Å². The normalized spacial score (nSPS) is 10.7. The zero-order chi connectivity index (χ0) is 12.5. The summed E-state index contributed by atoms with van der Waals surface area (Å²) in [6, 6.07) is 14.3. The number of fused-ring (bicyclic) bond motifs is 1. The Kier molecular flexibility index (Phi) is 2.45. The molecular formula is C15H11FN2. The minimum atomic E-state index is -0.233. The molecule has 0 aliphatic heterocycles. The molecule has 0 bridgehead atoms. The van der Waals surface area contributed by atoms with Crippen LogP contribution in [0.2, 0.25) is 0 Å². The number of hydrogen-bond acceptors (Lipinski definition) is 2. The first kappa shape index (κ1) is 10.7. The van der Waals surface area contributed by atoms with Gasteiger partial charge in [0.1, 0.15) is 11.6 Å². The summed E-state index contributed by atoms with van der Waals surface area (Å²) in [7, 11) is 0. The zero-order valence-corrected chi connectivity index (χ0v) is 9.60. The van der Waals surface area contributed by atoms with Crippen molar-refractivity contribution in [1.82, 2.24) is 4.98 Å². The fraction of sp³-hybridized carbons (Fsp3) is 0. The summed E-state index contributed by atoms with van der Waals surface area (Å²) < 4.78 is 13.2. The number of nitrogens with two attached hydrogens (primary N) is 1. The van der Waals surface area contributed by atoms with Crippen molar-refractivity contribution in [3.63, 3.8) is 0 Å². The van der Waals surface area contributed by atoms with Crippen molar-refractivity contribution >= 4 is 16.6 Å². The molecule has 3 aromatic rings. The molecule has 2 aromatic carbocycles. The number of nitrogens with zero attached hydrogens (tertiary/aromatic N) is 1. The molecule has 0 amide bonds. The maximum atomic E-state index is 13.2. The molecule has 18 heavy (non-hydrogen) atoms. The predicted molar refractivity (Wildman–Crippen MR) is 71.5 cm³/mol. The van der Waals surface area contributed by atoms with Gasteiger partial charge in [-0.15, -0.1) is 0 Å². The van der Waals surface area contributed by atoms with E-state index in [0.29, 0.717) is 5.82 Å². The van der Waals surface area contributed by atoms with Gasteiger partial charge in [-0.3, -0.25) is 0 Å². The molecule has 0 atom stereocenters. The van der Waals surface area contributed by atoms with Crippen LogP contribution in [-0.2, 0) is 0 Å². The summed E-state index contributed by atoms with van der Waals surface area (Å²) in [4.78, 5) is 4.06. The molecule has 0 aliphatic carbocycles. The molecule has 1 heterocycles. The van der Waals surface area contributed by atoms with E-state index in [4.69, 9.17) is 5.73 Å². The molecule has 88 valence electrons. The van der Waals surface area contributed by atoms with Gasteiger partial charge < -0.3 is 5.73 Å². The van der Waals surface area contributed by atoms with E-state index in [1.54, 1.807) is 12.3 Å². The van der Waals surface area contributed by atoms with Crippen molar-refractivity contribution < 1.29 is 4.39 Å². The largest absolute Gasteiger partial charge is 0.384 e. The summed E-state index contributed by atoms with van der Waals surface area (Å²) in [6.45, 7) is 0. The standard InChI is InChI=1S/C15H11FN2/c16-14-3-1-2-10(7-14)11-4-5-12-8-15(17)18-9-13(12)6-11/h1-9H,(H2,17,18). The van der Waals surface area contributed by atoms with E-state index in [1.807, 2.05) is 30.3 Å². The van der Waals surface area contributed by atoms with Gasteiger partial charge in [0.25, 0.3) is 0 Å². The van der Waals surface area contributed by atoms with Crippen LogP contribution in [0.25, 0.3) is 21.9 Å². The summed E-state index contributed by atoms with van der Waals surface area (Å²) in [6.07, 6.45) is 1.73. The summed E-state index contributed by atoms with van der Waals surface area (Å²) in [5.41, 5.74) is 7.45. The number of hydrogen-bond donors (Lipinski definition) is 1. The van der Waals surface area contributed by atoms with E-state index >= 15 is 0 Å². The number of pyridine rings is 1. The van der Waals surface area contributed by atoms with Crippen LogP contribution in [-0.4, -0.2) is 4.98 Å². The first-order valence-electron chi connectivity index (χ1n) is 5.63. The zero-order valence-electron chi connectivity index (χ0n) is 9.60. The molecule has 0 saturated heterocycles. The molecule has 0 fully saturated rings. The quantitative estimate of drug-likeness (QED) is 0.703. The van der Waals surface area contributed by atoms with E-state index in [9.17, 15) is 4.39 Å². The predicted octanol–water partition coefficient (Wildman–Crippen LogP) is 3.62. The number of anilines is 1. The molecule has 1 aromatic heterocycles. The van der Waals surface area contributed by atoms with Gasteiger partial charge >= 0.3 is 0 Å². The van der Waals surface area contributed by atoms with Crippen LogP contribution < -0.4 is 5.73 Å². The Morgan fingerprint density at radius 2 is 1.72 bits per heavy atom. The Morgan fingerprint density at radius 3 is 2.56 bits per heavy atom. The average Bonchev–Trinajstić information content (AvgIpc) is 2.38. The fourth-order valence-corrected chi connectivity index (χ4v) is 2.01. The molecule has 0 aliphatic rings. The Morgan fingerprint density at radius 1 is 0.889 bits per heavy atom. The molecule has 2 N–H and O–H groups in total. The van der Waals surface area contributed by atoms with Gasteiger partial charge in [0, 0.05) is 11.6 Å². The van der Waals surface area contributed by atoms with Gasteiger partial charge in [0.15, 0.2) is 0 Å². The van der Waals surface area contributed by atoms with Gasteiger partial charge in [-0.2, -0.15) is 0 Å². The lowest BCUT2D eigenvalue weighted by Gasteiger charge is -2.04. The molecule has 0 unspecified atom stereocenters. The third-order valence-electron chi connectivity index (χ3n) is 2.90. The topological polar surface area (TPSA) is 38.9 Å². The van der Waals surface area contributed by atoms with Crippen LogP contribution in [0.4, 0.5) is 10.2 Å². The average molecular weight is 238 g/mol. The first-order valence-corrected chi connectivity index (χ1v) is 5.63. The lowest BCUT2D eigenvalue weighted by Crippen LogP contribution is -1.89. The third kappa shape index (κ3) is 1.91. The van der Waals surface area contributed by atoms with Crippen LogP contribution in [0, 0.1) is 5.82 Å². The van der Waals surface area contributed by atoms with Gasteiger partial charge in [-0.1, -0.05) is 24.3 Å². The lowest BCUT2D eigenvalue weighted by atomic mass is 10.0. The smallest absolute Gasteiger partial charge is 0.123 e. The number of benzene rings is 2. The maximum absolute atomic E-state index is 13.2. The maximum Gasteiger partial charge on any atom is 0.123 e. The molecule has 0 saturated carbocycles. The Bertz CT molecular complexity index is 723. The second-order valence-electron chi connectivity index (χ2n) is 4.18. The summed E-state index contributed by atoms with van der Waals surface area (Å²) >= 11 is 0. The highest BCUT2D eigenvalue weighted by atomic mass is 19.1. The van der Waals surface area contributed by atoms with Crippen LogP contribution in [0.5, 0.6) is 0 Å². The van der Waals surface area contributed by atoms with Gasteiger partial charge in [-0.25, -0.2) is 9.37 Å². The van der Waals surface area contributed by atoms with E-state index in [2.05, 4.69) is 4.98 Å². The fourth-order valence-electron chi connectivity index (χ4n) is 2.01. The third-order valence-corrected chi connectivity index (χ3v) is 2.90. The van der Waals surface area contributed by atoms with Crippen molar-refractivity contribution in [3.8, 4) is 11.1 Å².